The van der Waals surface area contributed by atoms with Gasteiger partial charge in [0.25, 0.3) is 0 Å². The molecule has 3 aromatic carbocycles. The minimum absolute atomic E-state index is 0.564. The lowest BCUT2D eigenvalue weighted by molar-refractivity contribution is -0.156. The van der Waals surface area contributed by atoms with E-state index >= 15 is 0 Å². The third-order valence-electron chi connectivity index (χ3n) is 5.33. The third-order valence-corrected chi connectivity index (χ3v) is 5.33. The van der Waals surface area contributed by atoms with Gasteiger partial charge in [-0.3, -0.25) is 4.99 Å². The maximum absolute atomic E-state index is 13.7. The summed E-state index contributed by atoms with van der Waals surface area (Å²) in [7, 11) is 0. The number of nitrogens with zero attached hydrogens (tertiary/aromatic N) is 1. The fourth-order valence-electron chi connectivity index (χ4n) is 3.74. The highest BCUT2D eigenvalue weighted by Gasteiger charge is 2.34. The largest absolute Gasteiger partial charge is 0.458 e. The van der Waals surface area contributed by atoms with Crippen molar-refractivity contribution in [2.24, 2.45) is 4.99 Å². The van der Waals surface area contributed by atoms with E-state index in [1.165, 1.54) is 0 Å². The van der Waals surface area contributed by atoms with Crippen LogP contribution in [-0.4, -0.2) is 41.1 Å². The molecule has 0 saturated carbocycles. The van der Waals surface area contributed by atoms with E-state index in [2.05, 4.69) is 5.32 Å². The zero-order chi connectivity index (χ0) is 28.5. The van der Waals surface area contributed by atoms with Crippen molar-refractivity contribution in [1.82, 2.24) is 5.32 Å². The lowest BCUT2D eigenvalue weighted by Gasteiger charge is -2.28. The van der Waals surface area contributed by atoms with Crippen molar-refractivity contribution in [3.63, 3.8) is 0 Å². The molecule has 0 spiro atoms. The number of benzene rings is 3. The zero-order valence-corrected chi connectivity index (χ0v) is 23.5. The molecule has 0 fully saturated rings. The van der Waals surface area contributed by atoms with Crippen molar-refractivity contribution >= 4 is 23.9 Å². The van der Waals surface area contributed by atoms with Crippen molar-refractivity contribution in [2.45, 2.75) is 64.8 Å². The number of rotatable bonds is 8. The summed E-state index contributed by atoms with van der Waals surface area (Å²) in [4.78, 5) is 31.7. The molecule has 6 heteroatoms. The monoisotopic (exact) mass is 526 g/mol. The van der Waals surface area contributed by atoms with Crippen molar-refractivity contribution < 1.29 is 19.1 Å². The molecule has 2 atom stereocenters. The van der Waals surface area contributed by atoms with Gasteiger partial charge in [-0.25, -0.2) is 9.59 Å². The van der Waals surface area contributed by atoms with Crippen LogP contribution in [0.15, 0.2) is 102 Å². The molecule has 1 amide bonds. The predicted molar refractivity (Wildman–Crippen MR) is 157 cm³/mol. The highest BCUT2D eigenvalue weighted by atomic mass is 16.6. The van der Waals surface area contributed by atoms with Gasteiger partial charge in [-0.15, -0.1) is 0 Å². The molecule has 0 saturated heterocycles. The summed E-state index contributed by atoms with van der Waals surface area (Å²) >= 11 is 0. The Bertz CT molecular complexity index is 1230. The lowest BCUT2D eigenvalue weighted by Crippen LogP contribution is -2.48. The lowest BCUT2D eigenvalue weighted by atomic mass is 10.00. The van der Waals surface area contributed by atoms with Crippen LogP contribution in [-0.2, 0) is 14.3 Å². The Morgan fingerprint density at radius 3 is 1.64 bits per heavy atom. The number of hydrogen-bond donors (Lipinski definition) is 1. The number of esters is 1. The van der Waals surface area contributed by atoms with Gasteiger partial charge in [-0.2, -0.15) is 0 Å². The second-order valence-electron chi connectivity index (χ2n) is 11.1. The van der Waals surface area contributed by atoms with E-state index in [0.29, 0.717) is 5.71 Å². The van der Waals surface area contributed by atoms with Crippen molar-refractivity contribution in [3.8, 4) is 0 Å². The van der Waals surface area contributed by atoms with Crippen LogP contribution in [0.2, 0.25) is 0 Å². The summed E-state index contributed by atoms with van der Waals surface area (Å²) in [5, 5.41) is 2.86. The average Bonchev–Trinajstić information content (AvgIpc) is 2.87. The number of amides is 1. The normalized spacial score (nSPS) is 13.3. The maximum atomic E-state index is 13.7. The van der Waals surface area contributed by atoms with Crippen molar-refractivity contribution in [2.75, 3.05) is 0 Å². The van der Waals surface area contributed by atoms with Crippen molar-refractivity contribution in [3.05, 3.63) is 114 Å². The number of carbonyl (C=O) groups excluding carboxylic acids is 2. The number of alkyl carbamates (subject to hydrolysis) is 1. The van der Waals surface area contributed by atoms with Crippen LogP contribution in [0, 0.1) is 0 Å². The molecule has 0 aliphatic heterocycles. The predicted octanol–water partition coefficient (Wildman–Crippen LogP) is 6.84. The minimum Gasteiger partial charge on any atom is -0.458 e. The number of ether oxygens (including phenoxy) is 2. The number of aliphatic imine (C=N–C) groups is 1. The van der Waals surface area contributed by atoms with Gasteiger partial charge in [0.2, 0.25) is 0 Å². The third kappa shape index (κ3) is 9.89. The Hall–Kier alpha value is -4.19. The molecule has 1 N–H and O–H groups in total. The Labute approximate surface area is 231 Å². The first-order valence-corrected chi connectivity index (χ1v) is 13.1. The Morgan fingerprint density at radius 2 is 1.18 bits per heavy atom. The van der Waals surface area contributed by atoms with Gasteiger partial charge in [0.1, 0.15) is 11.2 Å². The summed E-state index contributed by atoms with van der Waals surface area (Å²) in [6.07, 6.45) is 2.94. The fourth-order valence-corrected chi connectivity index (χ4v) is 3.74. The highest BCUT2D eigenvalue weighted by Crippen LogP contribution is 2.19. The summed E-state index contributed by atoms with van der Waals surface area (Å²) in [5.74, 6) is -0.564. The van der Waals surface area contributed by atoms with Crippen LogP contribution >= 0.6 is 0 Å². The molecular weight excluding hydrogens is 488 g/mol. The van der Waals surface area contributed by atoms with Crippen LogP contribution in [0.5, 0.6) is 0 Å². The molecule has 0 aliphatic rings. The van der Waals surface area contributed by atoms with Crippen LogP contribution in [0.4, 0.5) is 4.79 Å². The van der Waals surface area contributed by atoms with Gasteiger partial charge in [0, 0.05) is 11.1 Å². The van der Waals surface area contributed by atoms with E-state index in [0.717, 1.165) is 16.7 Å². The van der Waals surface area contributed by atoms with E-state index in [-0.39, 0.29) is 0 Å². The first-order valence-electron chi connectivity index (χ1n) is 13.1. The molecule has 6 nitrogen and oxygen atoms in total. The van der Waals surface area contributed by atoms with Gasteiger partial charge >= 0.3 is 12.1 Å². The maximum Gasteiger partial charge on any atom is 0.408 e. The van der Waals surface area contributed by atoms with Crippen LogP contribution in [0.3, 0.4) is 0 Å². The first kappa shape index (κ1) is 29.4. The smallest absolute Gasteiger partial charge is 0.408 e. The second kappa shape index (κ2) is 13.1. The van der Waals surface area contributed by atoms with E-state index in [1.807, 2.05) is 97.1 Å². The van der Waals surface area contributed by atoms with Crippen LogP contribution in [0.1, 0.15) is 58.2 Å². The minimum atomic E-state index is -1.10. The Morgan fingerprint density at radius 1 is 0.718 bits per heavy atom. The van der Waals surface area contributed by atoms with Gasteiger partial charge in [-0.05, 0) is 47.1 Å². The summed E-state index contributed by atoms with van der Waals surface area (Å²) in [6.45, 7) is 10.8. The summed E-state index contributed by atoms with van der Waals surface area (Å²) in [6, 6.07) is 26.9. The Kier molecular flexibility index (Phi) is 9.83. The number of hydrogen-bond acceptors (Lipinski definition) is 5. The molecule has 204 valence electrons. The SMILES string of the molecule is CC(C)(C)OC(=O)N[C@H](/C=C/c1ccccc1)[C@H](N=C(c1ccccc1)c1ccccc1)C(=O)OC(C)(C)C. The van der Waals surface area contributed by atoms with Crippen LogP contribution in [0.25, 0.3) is 6.08 Å². The highest BCUT2D eigenvalue weighted by molar-refractivity contribution is 6.13. The Balaban J connectivity index is 2.16. The van der Waals surface area contributed by atoms with Gasteiger partial charge in [-0.1, -0.05) is 103 Å². The fraction of sp³-hybridized carbons (Fsp3) is 0.303. The van der Waals surface area contributed by atoms with E-state index in [9.17, 15) is 9.59 Å². The number of carbonyl (C=O) groups is 2. The molecule has 0 heterocycles. The molecule has 0 aliphatic carbocycles. The first-order chi connectivity index (χ1) is 18.4. The standard InChI is InChI=1S/C33H38N2O4/c1-32(2,3)38-30(36)29(35-28(25-18-12-8-13-19-25)26-20-14-9-15-21-26)27(34-31(37)39-33(4,5)6)23-22-24-16-10-7-11-17-24/h7-23,27,29H,1-6H3,(H,34,37)/b23-22+/t27-,29+/m1/s1. The number of nitrogens with one attached hydrogen (secondary N) is 1. The second-order valence-corrected chi connectivity index (χ2v) is 11.1. The van der Waals surface area contributed by atoms with Gasteiger partial charge in [0.05, 0.1) is 11.8 Å². The molecule has 3 rings (SSSR count). The van der Waals surface area contributed by atoms with E-state index in [1.54, 1.807) is 47.6 Å². The summed E-state index contributed by atoms with van der Waals surface area (Å²) in [5.41, 5.74) is 1.70. The van der Waals surface area contributed by atoms with Crippen LogP contribution < -0.4 is 5.32 Å². The van der Waals surface area contributed by atoms with Crippen molar-refractivity contribution in [1.29, 1.82) is 0 Å². The molecule has 39 heavy (non-hydrogen) atoms. The molecule has 0 bridgehead atoms. The molecule has 0 radical (unpaired) electrons. The quantitative estimate of drug-likeness (QED) is 0.257. The topological polar surface area (TPSA) is 77.0 Å². The van der Waals surface area contributed by atoms with E-state index < -0.39 is 35.3 Å². The molecule has 3 aromatic rings. The summed E-state index contributed by atoms with van der Waals surface area (Å²) < 4.78 is 11.4. The van der Waals surface area contributed by atoms with Gasteiger partial charge in [0.15, 0.2) is 6.04 Å². The molecule has 0 aromatic heterocycles. The zero-order valence-electron chi connectivity index (χ0n) is 23.5. The van der Waals surface area contributed by atoms with E-state index in [4.69, 9.17) is 14.5 Å². The average molecular weight is 527 g/mol. The molecular formula is C33H38N2O4. The molecule has 0 unspecified atom stereocenters. The van der Waals surface area contributed by atoms with Gasteiger partial charge < -0.3 is 14.8 Å².